The monoisotopic (exact) mass is 328 g/mol. The lowest BCUT2D eigenvalue weighted by Crippen LogP contribution is -2.51. The average molecular weight is 328 g/mol. The van der Waals surface area contributed by atoms with Crippen molar-refractivity contribution in [1.82, 2.24) is 0 Å². The molecule has 0 heterocycles. The van der Waals surface area contributed by atoms with Gasteiger partial charge in [0.2, 0.25) is 0 Å². The fraction of sp³-hybridized carbons (Fsp3) is 0.818. The summed E-state index contributed by atoms with van der Waals surface area (Å²) in [4.78, 5) is 24.3. The fourth-order valence-electron chi connectivity index (χ4n) is 7.79. The first kappa shape index (κ1) is 16.5. The number of ketones is 2. The lowest BCUT2D eigenvalue weighted by Gasteiger charge is -2.58. The number of Topliss-reactive ketones (excluding diaryl/α,β-unsaturated/α-hetero) is 1. The Bertz CT molecular complexity index is 617. The Labute approximate surface area is 146 Å². The normalized spacial score (nSPS) is 50.6. The Morgan fingerprint density at radius 2 is 1.88 bits per heavy atom. The number of hydrogen-bond acceptors (Lipinski definition) is 2. The average Bonchev–Trinajstić information content (AvgIpc) is 2.78. The van der Waals surface area contributed by atoms with E-state index >= 15 is 0 Å². The van der Waals surface area contributed by atoms with Crippen molar-refractivity contribution in [3.63, 3.8) is 0 Å². The van der Waals surface area contributed by atoms with Crippen LogP contribution in [0.3, 0.4) is 0 Å². The SMILES string of the molecule is CC(=O)[C@H]1[C@H](C)C[C@H]2[C@@H]3CCC4=CC(=O)CC[C@]4(C)[C@@H]3CC[C@@]21C. The zero-order valence-electron chi connectivity index (χ0n) is 15.7. The smallest absolute Gasteiger partial charge is 0.155 e. The van der Waals surface area contributed by atoms with E-state index in [4.69, 9.17) is 0 Å². The minimum atomic E-state index is 0.217. The lowest BCUT2D eigenvalue weighted by atomic mass is 9.46. The fourth-order valence-corrected chi connectivity index (χ4v) is 7.79. The minimum absolute atomic E-state index is 0.217. The van der Waals surface area contributed by atoms with Crippen molar-refractivity contribution in [3.8, 4) is 0 Å². The van der Waals surface area contributed by atoms with Gasteiger partial charge in [0.1, 0.15) is 5.78 Å². The van der Waals surface area contributed by atoms with Crippen molar-refractivity contribution in [2.75, 3.05) is 0 Å². The van der Waals surface area contributed by atoms with Gasteiger partial charge in [-0.25, -0.2) is 0 Å². The second kappa shape index (κ2) is 5.29. The molecule has 0 aromatic heterocycles. The van der Waals surface area contributed by atoms with E-state index < -0.39 is 0 Å². The summed E-state index contributed by atoms with van der Waals surface area (Å²) >= 11 is 0. The highest BCUT2D eigenvalue weighted by Crippen LogP contribution is 2.67. The highest BCUT2D eigenvalue weighted by molar-refractivity contribution is 5.91. The van der Waals surface area contributed by atoms with E-state index in [1.54, 1.807) is 0 Å². The molecule has 24 heavy (non-hydrogen) atoms. The molecular formula is C22H32O2. The summed E-state index contributed by atoms with van der Waals surface area (Å²) in [5.74, 6) is 3.74. The van der Waals surface area contributed by atoms with Gasteiger partial charge in [0.05, 0.1) is 0 Å². The van der Waals surface area contributed by atoms with E-state index in [-0.39, 0.29) is 16.7 Å². The van der Waals surface area contributed by atoms with Crippen LogP contribution in [0.25, 0.3) is 0 Å². The number of carbonyl (C=O) groups is 2. The van der Waals surface area contributed by atoms with Crippen molar-refractivity contribution < 1.29 is 9.59 Å². The standard InChI is InChI=1S/C22H32O2/c1-13-11-19-17-6-5-15-12-16(24)7-9-21(15,3)18(17)8-10-22(19,4)20(13)14(2)23/h12-13,17-20H,5-11H2,1-4H3/t13-,17-,18-,19+,20-,21+,22+/m1/s1. The summed E-state index contributed by atoms with van der Waals surface area (Å²) in [6.45, 7) is 8.98. The second-order valence-electron chi connectivity index (χ2n) is 9.81. The van der Waals surface area contributed by atoms with Gasteiger partial charge in [0, 0.05) is 12.3 Å². The van der Waals surface area contributed by atoms with E-state index in [9.17, 15) is 9.59 Å². The van der Waals surface area contributed by atoms with Gasteiger partial charge in [-0.3, -0.25) is 9.59 Å². The first-order valence-corrected chi connectivity index (χ1v) is 10.0. The maximum atomic E-state index is 12.4. The molecule has 4 aliphatic rings. The first-order valence-electron chi connectivity index (χ1n) is 10.0. The Kier molecular flexibility index (Phi) is 3.64. The predicted octanol–water partition coefficient (Wildman–Crippen LogP) is 4.97. The molecule has 4 aliphatic carbocycles. The van der Waals surface area contributed by atoms with Crippen molar-refractivity contribution in [2.24, 2.45) is 40.4 Å². The Morgan fingerprint density at radius 3 is 2.58 bits per heavy atom. The molecule has 0 amide bonds. The molecule has 2 nitrogen and oxygen atoms in total. The molecule has 0 aromatic rings. The minimum Gasteiger partial charge on any atom is -0.300 e. The largest absolute Gasteiger partial charge is 0.300 e. The molecule has 3 fully saturated rings. The number of rotatable bonds is 1. The van der Waals surface area contributed by atoms with Crippen LogP contribution < -0.4 is 0 Å². The van der Waals surface area contributed by atoms with Gasteiger partial charge in [-0.2, -0.15) is 0 Å². The maximum absolute atomic E-state index is 12.4. The highest BCUT2D eigenvalue weighted by atomic mass is 16.1. The van der Waals surface area contributed by atoms with Crippen LogP contribution in [-0.2, 0) is 9.59 Å². The molecule has 4 rings (SSSR count). The summed E-state index contributed by atoms with van der Waals surface area (Å²) < 4.78 is 0. The molecule has 0 aliphatic heterocycles. The Morgan fingerprint density at radius 1 is 1.12 bits per heavy atom. The van der Waals surface area contributed by atoms with Crippen LogP contribution in [0.4, 0.5) is 0 Å². The molecule has 0 unspecified atom stereocenters. The first-order chi connectivity index (χ1) is 11.3. The van der Waals surface area contributed by atoms with Gasteiger partial charge in [0.15, 0.2) is 5.78 Å². The molecule has 0 spiro atoms. The van der Waals surface area contributed by atoms with Crippen LogP contribution in [0.2, 0.25) is 0 Å². The van der Waals surface area contributed by atoms with E-state index in [0.29, 0.717) is 23.4 Å². The molecule has 0 bridgehead atoms. The summed E-state index contributed by atoms with van der Waals surface area (Å²) in [5, 5.41) is 0. The van der Waals surface area contributed by atoms with Crippen molar-refractivity contribution in [1.29, 1.82) is 0 Å². The van der Waals surface area contributed by atoms with Crippen LogP contribution >= 0.6 is 0 Å². The number of fused-ring (bicyclic) bond motifs is 5. The van der Waals surface area contributed by atoms with Crippen molar-refractivity contribution in [3.05, 3.63) is 11.6 Å². The van der Waals surface area contributed by atoms with Gasteiger partial charge >= 0.3 is 0 Å². The third-order valence-electron chi connectivity index (χ3n) is 8.74. The lowest BCUT2D eigenvalue weighted by molar-refractivity contribution is -0.129. The molecule has 3 saturated carbocycles. The molecule has 7 atom stereocenters. The zero-order chi connectivity index (χ0) is 17.3. The number of carbonyl (C=O) groups excluding carboxylic acids is 2. The third-order valence-corrected chi connectivity index (χ3v) is 8.74. The molecule has 0 radical (unpaired) electrons. The summed E-state index contributed by atoms with van der Waals surface area (Å²) in [7, 11) is 0. The predicted molar refractivity (Wildman–Crippen MR) is 95.4 cm³/mol. The topological polar surface area (TPSA) is 34.1 Å². The van der Waals surface area contributed by atoms with Crippen LogP contribution in [0.1, 0.15) is 72.6 Å². The molecule has 2 heteroatoms. The van der Waals surface area contributed by atoms with E-state index in [1.807, 2.05) is 13.0 Å². The van der Waals surface area contributed by atoms with Gasteiger partial charge in [-0.1, -0.05) is 26.3 Å². The number of hydrogen-bond donors (Lipinski definition) is 0. The van der Waals surface area contributed by atoms with Crippen molar-refractivity contribution >= 4 is 11.6 Å². The Balaban J connectivity index is 1.69. The van der Waals surface area contributed by atoms with Crippen LogP contribution in [-0.4, -0.2) is 11.6 Å². The van der Waals surface area contributed by atoms with Crippen LogP contribution in [0, 0.1) is 40.4 Å². The molecule has 0 saturated heterocycles. The third kappa shape index (κ3) is 2.07. The highest BCUT2D eigenvalue weighted by Gasteiger charge is 2.61. The van der Waals surface area contributed by atoms with E-state index in [1.165, 1.54) is 31.3 Å². The maximum Gasteiger partial charge on any atom is 0.155 e. The summed E-state index contributed by atoms with van der Waals surface area (Å²) in [6.07, 6.45) is 9.79. The van der Waals surface area contributed by atoms with Crippen LogP contribution in [0.5, 0.6) is 0 Å². The summed E-state index contributed by atoms with van der Waals surface area (Å²) in [5.41, 5.74) is 1.90. The van der Waals surface area contributed by atoms with Gasteiger partial charge in [-0.15, -0.1) is 0 Å². The van der Waals surface area contributed by atoms with Gasteiger partial charge < -0.3 is 0 Å². The molecule has 0 N–H and O–H groups in total. The molecular weight excluding hydrogens is 296 g/mol. The van der Waals surface area contributed by atoms with Crippen LogP contribution in [0.15, 0.2) is 11.6 Å². The quantitative estimate of drug-likeness (QED) is 0.681. The second-order valence-corrected chi connectivity index (χ2v) is 9.81. The van der Waals surface area contributed by atoms with Gasteiger partial charge in [0.25, 0.3) is 0 Å². The molecule has 0 aromatic carbocycles. The van der Waals surface area contributed by atoms with Gasteiger partial charge in [-0.05, 0) is 86.0 Å². The van der Waals surface area contributed by atoms with E-state index in [0.717, 1.165) is 31.1 Å². The van der Waals surface area contributed by atoms with Crippen molar-refractivity contribution in [2.45, 2.75) is 72.6 Å². The summed E-state index contributed by atoms with van der Waals surface area (Å²) in [6, 6.07) is 0. The zero-order valence-corrected chi connectivity index (χ0v) is 15.7. The number of allylic oxidation sites excluding steroid dienone is 1. The Hall–Kier alpha value is -0.920. The molecule has 132 valence electrons. The van der Waals surface area contributed by atoms with E-state index in [2.05, 4.69) is 20.8 Å².